The van der Waals surface area contributed by atoms with E-state index in [2.05, 4.69) is 9.97 Å². The quantitative estimate of drug-likeness (QED) is 0.242. The van der Waals surface area contributed by atoms with Gasteiger partial charge in [-0.3, -0.25) is 9.67 Å². The van der Waals surface area contributed by atoms with E-state index in [9.17, 15) is 18.6 Å². The number of hydrogen-bond donors (Lipinski definition) is 3. The molecule has 4 aromatic rings. The van der Waals surface area contributed by atoms with Gasteiger partial charge in [0.1, 0.15) is 16.7 Å². The maximum Gasteiger partial charge on any atom is 0.185 e. The molecule has 42 heavy (non-hydrogen) atoms. The molecule has 1 saturated heterocycles. The van der Waals surface area contributed by atoms with Crippen LogP contribution in [0.5, 0.6) is 5.75 Å². The fourth-order valence-corrected chi connectivity index (χ4v) is 7.86. The van der Waals surface area contributed by atoms with E-state index in [-0.39, 0.29) is 16.2 Å². The smallest absolute Gasteiger partial charge is 0.185 e. The van der Waals surface area contributed by atoms with Gasteiger partial charge < -0.3 is 24.7 Å². The minimum atomic E-state index is -3.53. The Morgan fingerprint density at radius 3 is 2.50 bits per heavy atom. The number of H-pyrrole nitrogens is 1. The van der Waals surface area contributed by atoms with Crippen LogP contribution in [-0.4, -0.2) is 69.6 Å². The molecular weight excluding hydrogens is 556 g/mol. The van der Waals surface area contributed by atoms with Gasteiger partial charge in [-0.2, -0.15) is 5.10 Å². The number of methoxy groups -OCH3 is 1. The van der Waals surface area contributed by atoms with Gasteiger partial charge >= 0.3 is 0 Å². The van der Waals surface area contributed by atoms with Crippen LogP contribution in [0, 0.1) is 5.92 Å². The van der Waals surface area contributed by atoms with Crippen molar-refractivity contribution in [3.05, 3.63) is 60.0 Å². The lowest BCUT2D eigenvalue weighted by atomic mass is 9.91. The van der Waals surface area contributed by atoms with Crippen molar-refractivity contribution < 1.29 is 28.1 Å². The molecule has 0 radical (unpaired) electrons. The van der Waals surface area contributed by atoms with Gasteiger partial charge in [0.15, 0.2) is 9.84 Å². The summed E-state index contributed by atoms with van der Waals surface area (Å²) in [5, 5.41) is 25.6. The number of benzene rings is 1. The first kappa shape index (κ1) is 28.9. The summed E-state index contributed by atoms with van der Waals surface area (Å²) in [6.45, 7) is 4.56. The number of ether oxygens (including phenoxy) is 2. The van der Waals surface area contributed by atoms with Gasteiger partial charge in [-0.05, 0) is 82.2 Å². The number of nitrogens with zero attached hydrogens (tertiary/aromatic N) is 3. The average molecular weight is 595 g/mol. The van der Waals surface area contributed by atoms with Crippen LogP contribution in [0.3, 0.4) is 0 Å². The topological polar surface area (TPSA) is 140 Å². The van der Waals surface area contributed by atoms with E-state index in [1.807, 2.05) is 28.9 Å². The highest BCUT2D eigenvalue weighted by Crippen LogP contribution is 2.42. The number of fused-ring (bicyclic) bond motifs is 1. The number of aliphatic hydroxyl groups is 2. The molecule has 224 valence electrons. The van der Waals surface area contributed by atoms with Crippen LogP contribution in [-0.2, 0) is 14.6 Å². The predicted molar refractivity (Wildman–Crippen MR) is 158 cm³/mol. The van der Waals surface area contributed by atoms with E-state index in [1.165, 1.54) is 7.11 Å². The first-order valence-corrected chi connectivity index (χ1v) is 16.0. The summed E-state index contributed by atoms with van der Waals surface area (Å²) >= 11 is 0. The van der Waals surface area contributed by atoms with Crippen molar-refractivity contribution in [1.82, 2.24) is 19.7 Å². The second-order valence-corrected chi connectivity index (χ2v) is 14.2. The first-order valence-electron chi connectivity index (χ1n) is 14.5. The Hall–Kier alpha value is -3.25. The summed E-state index contributed by atoms with van der Waals surface area (Å²) in [7, 11) is -2.04. The molecule has 2 aliphatic rings. The molecule has 11 heteroatoms. The summed E-state index contributed by atoms with van der Waals surface area (Å²) in [6.07, 6.45) is 6.22. The molecule has 2 fully saturated rings. The normalized spacial score (nSPS) is 18.3. The Morgan fingerprint density at radius 1 is 1.10 bits per heavy atom. The number of pyridine rings is 1. The molecule has 4 heterocycles. The second kappa shape index (κ2) is 11.1. The van der Waals surface area contributed by atoms with Crippen LogP contribution < -0.4 is 4.74 Å². The molecule has 6 rings (SSSR count). The third-order valence-corrected chi connectivity index (χ3v) is 10.8. The maximum atomic E-state index is 13.5. The van der Waals surface area contributed by atoms with Gasteiger partial charge in [0, 0.05) is 36.1 Å². The minimum absolute atomic E-state index is 0.180. The third-order valence-electron chi connectivity index (χ3n) is 8.47. The highest BCUT2D eigenvalue weighted by Gasteiger charge is 2.40. The number of nitrogens with one attached hydrogen (secondary N) is 1. The third kappa shape index (κ3) is 5.46. The molecule has 1 aromatic carbocycles. The molecule has 0 amide bonds. The summed E-state index contributed by atoms with van der Waals surface area (Å²) < 4.78 is 40.0. The van der Waals surface area contributed by atoms with Gasteiger partial charge in [-0.1, -0.05) is 6.07 Å². The van der Waals surface area contributed by atoms with E-state index >= 15 is 0 Å². The summed E-state index contributed by atoms with van der Waals surface area (Å²) in [6, 6.07) is 11.0. The van der Waals surface area contributed by atoms with Crippen molar-refractivity contribution in [2.45, 2.75) is 73.8 Å². The molecule has 10 nitrogen and oxygen atoms in total. The van der Waals surface area contributed by atoms with Crippen molar-refractivity contribution in [3.63, 3.8) is 0 Å². The highest BCUT2D eigenvalue weighted by atomic mass is 32.2. The van der Waals surface area contributed by atoms with Crippen LogP contribution >= 0.6 is 0 Å². The van der Waals surface area contributed by atoms with Crippen molar-refractivity contribution in [2.75, 3.05) is 20.3 Å². The Morgan fingerprint density at radius 2 is 1.86 bits per heavy atom. The SMILES string of the molecule is COc1ccc2c(cnn2C(CC2CCOCC2)c2ccc(-c3ccc(C(O)C(C)(C)O)cn3)[nH]2)c1S(=O)(=O)C1CC1. The molecule has 0 bridgehead atoms. The minimum Gasteiger partial charge on any atom is -0.495 e. The Labute approximate surface area is 245 Å². The second-order valence-electron chi connectivity index (χ2n) is 12.0. The molecule has 2 unspecified atom stereocenters. The number of hydrogen-bond acceptors (Lipinski definition) is 8. The molecule has 3 N–H and O–H groups in total. The zero-order valence-electron chi connectivity index (χ0n) is 24.2. The van der Waals surface area contributed by atoms with Crippen LogP contribution in [0.2, 0.25) is 0 Å². The first-order chi connectivity index (χ1) is 20.1. The van der Waals surface area contributed by atoms with Crippen molar-refractivity contribution in [1.29, 1.82) is 0 Å². The predicted octanol–water partition coefficient (Wildman–Crippen LogP) is 4.58. The Kier molecular flexibility index (Phi) is 7.63. The Bertz CT molecular complexity index is 1660. The molecule has 0 spiro atoms. The number of aromatic nitrogens is 4. The van der Waals surface area contributed by atoms with Crippen LogP contribution in [0.25, 0.3) is 22.3 Å². The van der Waals surface area contributed by atoms with E-state index in [4.69, 9.17) is 14.6 Å². The van der Waals surface area contributed by atoms with Crippen LogP contribution in [0.4, 0.5) is 0 Å². The monoisotopic (exact) mass is 594 g/mol. The molecule has 2 atom stereocenters. The fourth-order valence-electron chi connectivity index (χ4n) is 5.87. The Balaban J connectivity index is 1.39. The van der Waals surface area contributed by atoms with Gasteiger partial charge in [0.25, 0.3) is 0 Å². The van der Waals surface area contributed by atoms with Gasteiger partial charge in [-0.25, -0.2) is 8.42 Å². The zero-order valence-corrected chi connectivity index (χ0v) is 25.0. The van der Waals surface area contributed by atoms with Gasteiger partial charge in [-0.15, -0.1) is 0 Å². The average Bonchev–Trinajstić information content (AvgIpc) is 3.60. The number of rotatable bonds is 10. The van der Waals surface area contributed by atoms with Gasteiger partial charge in [0.2, 0.25) is 0 Å². The number of aromatic amines is 1. The van der Waals surface area contributed by atoms with Crippen molar-refractivity contribution >= 4 is 20.7 Å². The van der Waals surface area contributed by atoms with E-state index in [0.29, 0.717) is 41.2 Å². The van der Waals surface area contributed by atoms with Crippen molar-refractivity contribution in [2.24, 2.45) is 5.92 Å². The van der Waals surface area contributed by atoms with E-state index in [0.717, 1.165) is 49.4 Å². The zero-order chi connectivity index (χ0) is 29.6. The summed E-state index contributed by atoms with van der Waals surface area (Å²) in [5.74, 6) is 0.768. The summed E-state index contributed by atoms with van der Waals surface area (Å²) in [5.41, 5.74) is 2.43. The fraction of sp³-hybridized carbons (Fsp3) is 0.484. The lowest BCUT2D eigenvalue weighted by Gasteiger charge is -2.27. The van der Waals surface area contributed by atoms with E-state index < -0.39 is 21.5 Å². The maximum absolute atomic E-state index is 13.5. The van der Waals surface area contributed by atoms with Crippen LogP contribution in [0.1, 0.15) is 69.4 Å². The molecule has 1 aliphatic carbocycles. The number of aliphatic hydroxyl groups excluding tert-OH is 1. The molecular formula is C31H38N4O6S. The summed E-state index contributed by atoms with van der Waals surface area (Å²) in [4.78, 5) is 8.31. The lowest BCUT2D eigenvalue weighted by Crippen LogP contribution is -2.28. The molecule has 3 aromatic heterocycles. The van der Waals surface area contributed by atoms with E-state index in [1.54, 1.807) is 38.4 Å². The highest BCUT2D eigenvalue weighted by molar-refractivity contribution is 7.92. The standard InChI is InChI=1S/C31H38N4O6S/c1-31(2,37)30(36)20-4-7-23(32-17-20)24-8-9-25(34-24)27(16-19-12-14-41-15-13-19)35-26-10-11-28(40-3)29(22(26)18-33-35)42(38,39)21-5-6-21/h4,7-11,17-19,21,27,30,34,36-37H,5-6,12-16H2,1-3H3. The van der Waals surface area contributed by atoms with Gasteiger partial charge in [0.05, 0.1) is 47.1 Å². The molecule has 1 aliphatic heterocycles. The number of sulfone groups is 1. The largest absolute Gasteiger partial charge is 0.495 e. The lowest BCUT2D eigenvalue weighted by molar-refractivity contribution is -0.0498. The van der Waals surface area contributed by atoms with Crippen LogP contribution in [0.15, 0.2) is 53.7 Å². The van der Waals surface area contributed by atoms with Crippen molar-refractivity contribution in [3.8, 4) is 17.1 Å². The molecule has 1 saturated carbocycles.